The van der Waals surface area contributed by atoms with Gasteiger partial charge in [0.05, 0.1) is 27.5 Å². The lowest BCUT2D eigenvalue weighted by Gasteiger charge is -2.11. The van der Waals surface area contributed by atoms with Crippen molar-refractivity contribution in [2.75, 3.05) is 5.32 Å². The van der Waals surface area contributed by atoms with E-state index in [-0.39, 0.29) is 23.6 Å². The number of hydrogen-bond acceptors (Lipinski definition) is 8. The summed E-state index contributed by atoms with van der Waals surface area (Å²) in [6.45, 7) is 0.128. The number of nitrogens with one attached hydrogen (secondary N) is 1. The summed E-state index contributed by atoms with van der Waals surface area (Å²) >= 11 is 0.824. The van der Waals surface area contributed by atoms with Gasteiger partial charge < -0.3 is 10.1 Å². The summed E-state index contributed by atoms with van der Waals surface area (Å²) in [6, 6.07) is 20.0. The smallest absolute Gasteiger partial charge is 0.310 e. The first-order valence-corrected chi connectivity index (χ1v) is 9.38. The van der Waals surface area contributed by atoms with Gasteiger partial charge in [0.2, 0.25) is 0 Å². The van der Waals surface area contributed by atoms with Crippen LogP contribution in [0, 0.1) is 10.1 Å². The highest BCUT2D eigenvalue weighted by Gasteiger charge is 2.19. The molecule has 1 amide bonds. The lowest BCUT2D eigenvalue weighted by molar-refractivity contribution is -0.385. The quantitative estimate of drug-likeness (QED) is 0.225. The van der Waals surface area contributed by atoms with Crippen LogP contribution in [0.2, 0.25) is 0 Å². The zero-order valence-corrected chi connectivity index (χ0v) is 16.3. The molecule has 0 saturated carbocycles. The zero-order chi connectivity index (χ0) is 21.3. The average molecular weight is 427 g/mol. The fraction of sp³-hybridized carbons (Fsp3) is 0.0500. The molecule has 3 rings (SSSR count). The van der Waals surface area contributed by atoms with E-state index in [9.17, 15) is 14.9 Å². The Morgan fingerprint density at radius 2 is 1.80 bits per heavy atom. The van der Waals surface area contributed by atoms with E-state index in [1.54, 1.807) is 24.3 Å². The molecule has 0 fully saturated rings. The lowest BCUT2D eigenvalue weighted by Crippen LogP contribution is -2.13. The number of carbonyl (C=O) groups excluding carboxylic acids is 1. The van der Waals surface area contributed by atoms with Gasteiger partial charge in [0.25, 0.3) is 5.91 Å². The van der Waals surface area contributed by atoms with Crippen molar-refractivity contribution in [3.05, 3.63) is 94.0 Å². The molecular formula is C20H17N3O6S. The van der Waals surface area contributed by atoms with Gasteiger partial charge in [-0.1, -0.05) is 42.5 Å². The number of nitrogens with two attached hydrogens (primary N) is 1. The maximum atomic E-state index is 12.7. The summed E-state index contributed by atoms with van der Waals surface area (Å²) in [5.74, 6) is 4.37. The van der Waals surface area contributed by atoms with E-state index < -0.39 is 10.8 Å². The number of nitro benzene ring substituents is 1. The fourth-order valence-electron chi connectivity index (χ4n) is 2.55. The van der Waals surface area contributed by atoms with Crippen molar-refractivity contribution in [1.82, 2.24) is 0 Å². The standard InChI is InChI=1S/C20H17N3O6S/c21-28-29-30-19-9-5-4-8-16(19)22-20(24)15-10-11-17(23(25)26)18(12-15)27-13-14-6-2-1-3-7-14/h1-12H,13,21H2,(H,22,24). The molecular weight excluding hydrogens is 410 g/mol. The predicted molar refractivity (Wildman–Crippen MR) is 110 cm³/mol. The number of nitrogens with zero attached hydrogens (tertiary/aromatic N) is 1. The normalized spacial score (nSPS) is 10.4. The molecule has 0 radical (unpaired) electrons. The zero-order valence-electron chi connectivity index (χ0n) is 15.5. The summed E-state index contributed by atoms with van der Waals surface area (Å²) in [6.07, 6.45) is 0. The SMILES string of the molecule is NOOSc1ccccc1NC(=O)c1ccc([N+](=O)[O-])c(OCc2ccccc2)c1. The number of anilines is 1. The minimum absolute atomic E-state index is 0.000900. The molecule has 0 saturated heterocycles. The number of carbonyl (C=O) groups is 1. The van der Waals surface area contributed by atoms with Gasteiger partial charge in [0.15, 0.2) is 5.75 Å². The average Bonchev–Trinajstić information content (AvgIpc) is 2.77. The van der Waals surface area contributed by atoms with E-state index in [2.05, 4.69) is 14.6 Å². The van der Waals surface area contributed by atoms with Crippen molar-refractivity contribution >= 4 is 29.3 Å². The summed E-state index contributed by atoms with van der Waals surface area (Å²) in [5.41, 5.74) is 1.26. The molecule has 10 heteroatoms. The molecule has 0 unspecified atom stereocenters. The summed E-state index contributed by atoms with van der Waals surface area (Å²) < 4.78 is 10.3. The number of para-hydroxylation sites is 1. The third-order valence-corrected chi connectivity index (χ3v) is 4.64. The molecule has 3 aromatic carbocycles. The highest BCUT2D eigenvalue weighted by molar-refractivity contribution is 7.94. The first-order valence-electron chi connectivity index (χ1n) is 8.64. The minimum Gasteiger partial charge on any atom is -0.482 e. The molecule has 0 spiro atoms. The van der Waals surface area contributed by atoms with Crippen molar-refractivity contribution in [2.45, 2.75) is 11.5 Å². The Morgan fingerprint density at radius 3 is 2.53 bits per heavy atom. The summed E-state index contributed by atoms with van der Waals surface area (Å²) in [7, 11) is 0. The van der Waals surface area contributed by atoms with E-state index in [0.29, 0.717) is 10.6 Å². The van der Waals surface area contributed by atoms with Gasteiger partial charge in [-0.25, -0.2) is 0 Å². The number of amides is 1. The van der Waals surface area contributed by atoms with Gasteiger partial charge in [-0.15, -0.1) is 9.32 Å². The monoisotopic (exact) mass is 427 g/mol. The summed E-state index contributed by atoms with van der Waals surface area (Å²) in [5, 5.41) is 14.1. The van der Waals surface area contributed by atoms with Crippen LogP contribution in [0.3, 0.4) is 0 Å². The molecule has 0 atom stereocenters. The molecule has 0 aliphatic heterocycles. The Labute approximate surface area is 176 Å². The maximum absolute atomic E-state index is 12.7. The minimum atomic E-state index is -0.557. The van der Waals surface area contributed by atoms with E-state index in [1.807, 2.05) is 30.3 Å². The number of nitro groups is 1. The van der Waals surface area contributed by atoms with Crippen LogP contribution in [-0.4, -0.2) is 10.8 Å². The molecule has 0 bridgehead atoms. The van der Waals surface area contributed by atoms with Crippen LogP contribution >= 0.6 is 12.0 Å². The van der Waals surface area contributed by atoms with Crippen LogP contribution < -0.4 is 16.0 Å². The molecule has 0 heterocycles. The second kappa shape index (κ2) is 10.4. The molecule has 3 N–H and O–H groups in total. The van der Waals surface area contributed by atoms with Crippen molar-refractivity contribution in [3.63, 3.8) is 0 Å². The van der Waals surface area contributed by atoms with Crippen molar-refractivity contribution in [3.8, 4) is 5.75 Å². The third kappa shape index (κ3) is 5.55. The number of benzene rings is 3. The Kier molecular flexibility index (Phi) is 7.35. The Morgan fingerprint density at radius 1 is 1.07 bits per heavy atom. The van der Waals surface area contributed by atoms with Crippen LogP contribution in [0.25, 0.3) is 0 Å². The lowest BCUT2D eigenvalue weighted by atomic mass is 10.1. The van der Waals surface area contributed by atoms with E-state index in [4.69, 9.17) is 10.6 Å². The second-order valence-corrected chi connectivity index (χ2v) is 6.65. The number of ether oxygens (including phenoxy) is 1. The van der Waals surface area contributed by atoms with Gasteiger partial charge in [-0.05, 0) is 23.8 Å². The van der Waals surface area contributed by atoms with Gasteiger partial charge >= 0.3 is 5.69 Å². The van der Waals surface area contributed by atoms with E-state index in [1.165, 1.54) is 18.2 Å². The van der Waals surface area contributed by atoms with E-state index >= 15 is 0 Å². The highest BCUT2D eigenvalue weighted by Crippen LogP contribution is 2.31. The van der Waals surface area contributed by atoms with Crippen molar-refractivity contribution < 1.29 is 23.8 Å². The highest BCUT2D eigenvalue weighted by atomic mass is 32.2. The molecule has 0 aliphatic carbocycles. The maximum Gasteiger partial charge on any atom is 0.310 e. The Hall–Kier alpha value is -3.44. The van der Waals surface area contributed by atoms with Crippen LogP contribution in [0.4, 0.5) is 11.4 Å². The molecule has 0 aromatic heterocycles. The number of hydrogen-bond donors (Lipinski definition) is 2. The van der Waals surface area contributed by atoms with Crippen LogP contribution in [0.1, 0.15) is 15.9 Å². The molecule has 0 aliphatic rings. The fourth-order valence-corrected chi connectivity index (χ4v) is 3.01. The van der Waals surface area contributed by atoms with Gasteiger partial charge in [0.1, 0.15) is 6.61 Å². The second-order valence-electron chi connectivity index (χ2n) is 5.91. The first kappa shape index (κ1) is 21.3. The van der Waals surface area contributed by atoms with Crippen LogP contribution in [0.5, 0.6) is 5.75 Å². The van der Waals surface area contributed by atoms with Crippen LogP contribution in [0.15, 0.2) is 77.7 Å². The van der Waals surface area contributed by atoms with Gasteiger partial charge in [-0.3, -0.25) is 14.9 Å². The molecule has 30 heavy (non-hydrogen) atoms. The Balaban J connectivity index is 1.80. The third-order valence-electron chi connectivity index (χ3n) is 3.95. The largest absolute Gasteiger partial charge is 0.482 e. The van der Waals surface area contributed by atoms with Gasteiger partial charge in [0, 0.05) is 17.7 Å². The Bertz CT molecular complexity index is 1030. The van der Waals surface area contributed by atoms with Crippen molar-refractivity contribution in [2.24, 2.45) is 5.90 Å². The van der Waals surface area contributed by atoms with Gasteiger partial charge in [-0.2, -0.15) is 5.90 Å². The number of rotatable bonds is 9. The molecule has 154 valence electrons. The molecule has 3 aromatic rings. The first-order chi connectivity index (χ1) is 14.6. The van der Waals surface area contributed by atoms with Crippen molar-refractivity contribution in [1.29, 1.82) is 0 Å². The van der Waals surface area contributed by atoms with Crippen LogP contribution in [-0.2, 0) is 15.9 Å². The van der Waals surface area contributed by atoms with E-state index in [0.717, 1.165) is 17.6 Å². The predicted octanol–water partition coefficient (Wildman–Crippen LogP) is 4.26. The summed E-state index contributed by atoms with van der Waals surface area (Å²) in [4.78, 5) is 28.1. The molecule has 9 nitrogen and oxygen atoms in total. The topological polar surface area (TPSA) is 126 Å².